The second-order valence-electron chi connectivity index (χ2n) is 5.16. The van der Waals surface area contributed by atoms with E-state index in [1.807, 2.05) is 6.07 Å². The van der Waals surface area contributed by atoms with Crippen molar-refractivity contribution in [2.75, 3.05) is 19.6 Å². The highest BCUT2D eigenvalue weighted by atomic mass is 16.5. The van der Waals surface area contributed by atoms with Gasteiger partial charge in [0.1, 0.15) is 0 Å². The number of hydrogen-bond acceptors (Lipinski definition) is 3. The molecule has 1 saturated heterocycles. The second kappa shape index (κ2) is 6.72. The molecule has 19 heavy (non-hydrogen) atoms. The molecule has 1 aromatic rings. The molecule has 3 heteroatoms. The maximum Gasteiger partial charge on any atom is 0.0678 e. The van der Waals surface area contributed by atoms with Gasteiger partial charge in [-0.1, -0.05) is 24.0 Å². The van der Waals surface area contributed by atoms with Crippen molar-refractivity contribution in [3.63, 3.8) is 0 Å². The molecule has 0 bridgehead atoms. The lowest BCUT2D eigenvalue weighted by molar-refractivity contribution is -0.0704. The molecule has 1 aromatic carbocycles. The molecule has 2 unspecified atom stereocenters. The van der Waals surface area contributed by atoms with Crippen molar-refractivity contribution in [1.29, 1.82) is 0 Å². The highest BCUT2D eigenvalue weighted by Gasteiger charge is 2.21. The van der Waals surface area contributed by atoms with Gasteiger partial charge in [0, 0.05) is 25.2 Å². The Labute approximate surface area is 115 Å². The highest BCUT2D eigenvalue weighted by Crippen LogP contribution is 2.14. The first-order valence-corrected chi connectivity index (χ1v) is 6.83. The number of rotatable bonds is 2. The van der Waals surface area contributed by atoms with Crippen LogP contribution in [-0.4, -0.2) is 36.7 Å². The van der Waals surface area contributed by atoms with Crippen LogP contribution in [0.5, 0.6) is 0 Å². The van der Waals surface area contributed by atoms with Crippen LogP contribution in [0.25, 0.3) is 0 Å². The lowest BCUT2D eigenvalue weighted by Gasteiger charge is -2.35. The molecule has 1 fully saturated rings. The normalized spacial score (nSPS) is 23.7. The van der Waals surface area contributed by atoms with E-state index < -0.39 is 0 Å². The Balaban J connectivity index is 2.02. The van der Waals surface area contributed by atoms with Crippen LogP contribution in [0.15, 0.2) is 24.3 Å². The quantitative estimate of drug-likeness (QED) is 0.819. The number of ether oxygens (including phenoxy) is 1. The minimum atomic E-state index is 0.309. The van der Waals surface area contributed by atoms with Crippen LogP contribution in [0.3, 0.4) is 0 Å². The lowest BCUT2D eigenvalue weighted by Crippen LogP contribution is -2.44. The van der Waals surface area contributed by atoms with E-state index in [0.717, 1.165) is 25.2 Å². The van der Waals surface area contributed by atoms with Gasteiger partial charge in [0.2, 0.25) is 0 Å². The molecule has 0 aromatic heterocycles. The fraction of sp³-hybridized carbons (Fsp3) is 0.500. The topological polar surface area (TPSA) is 38.5 Å². The summed E-state index contributed by atoms with van der Waals surface area (Å²) in [4.78, 5) is 2.44. The standard InChI is InChI=1S/C16H22N2O/c1-13-10-18(11-14(2)19-13)12-16-6-3-5-15(9-16)7-4-8-17/h3,5-6,9,13-14H,8,10-12,17H2,1-2H3. The van der Waals surface area contributed by atoms with Gasteiger partial charge < -0.3 is 10.5 Å². The molecule has 102 valence electrons. The van der Waals surface area contributed by atoms with Crippen molar-refractivity contribution >= 4 is 0 Å². The van der Waals surface area contributed by atoms with Gasteiger partial charge in [-0.3, -0.25) is 4.90 Å². The van der Waals surface area contributed by atoms with E-state index in [1.165, 1.54) is 5.56 Å². The van der Waals surface area contributed by atoms with Gasteiger partial charge in [-0.05, 0) is 31.5 Å². The first-order valence-electron chi connectivity index (χ1n) is 6.83. The Morgan fingerprint density at radius 1 is 1.32 bits per heavy atom. The third-order valence-corrected chi connectivity index (χ3v) is 3.16. The Kier molecular flexibility index (Phi) is 4.98. The van der Waals surface area contributed by atoms with Crippen LogP contribution >= 0.6 is 0 Å². The van der Waals surface area contributed by atoms with Gasteiger partial charge in [-0.2, -0.15) is 0 Å². The molecule has 2 N–H and O–H groups in total. The minimum Gasteiger partial charge on any atom is -0.373 e. The van der Waals surface area contributed by atoms with E-state index >= 15 is 0 Å². The average molecular weight is 258 g/mol. The summed E-state index contributed by atoms with van der Waals surface area (Å²) < 4.78 is 5.75. The fourth-order valence-corrected chi connectivity index (χ4v) is 2.57. The molecule has 0 saturated carbocycles. The van der Waals surface area contributed by atoms with Crippen molar-refractivity contribution in [2.45, 2.75) is 32.6 Å². The Bertz CT molecular complexity index is 465. The molecule has 0 amide bonds. The summed E-state index contributed by atoms with van der Waals surface area (Å²) in [5.74, 6) is 5.97. The number of benzene rings is 1. The third-order valence-electron chi connectivity index (χ3n) is 3.16. The van der Waals surface area contributed by atoms with Gasteiger partial charge >= 0.3 is 0 Å². The van der Waals surface area contributed by atoms with Crippen LogP contribution in [0.4, 0.5) is 0 Å². The monoisotopic (exact) mass is 258 g/mol. The Hall–Kier alpha value is -1.34. The molecular weight excluding hydrogens is 236 g/mol. The average Bonchev–Trinajstić information content (AvgIpc) is 2.35. The number of morpholine rings is 1. The number of nitrogens with zero attached hydrogens (tertiary/aromatic N) is 1. The lowest BCUT2D eigenvalue weighted by atomic mass is 10.1. The molecule has 1 heterocycles. The zero-order valence-electron chi connectivity index (χ0n) is 11.7. The Morgan fingerprint density at radius 3 is 2.74 bits per heavy atom. The van der Waals surface area contributed by atoms with Gasteiger partial charge in [-0.15, -0.1) is 0 Å². The van der Waals surface area contributed by atoms with Crippen molar-refractivity contribution in [3.05, 3.63) is 35.4 Å². The van der Waals surface area contributed by atoms with Crippen molar-refractivity contribution in [3.8, 4) is 11.8 Å². The maximum atomic E-state index is 5.75. The summed E-state index contributed by atoms with van der Waals surface area (Å²) in [5, 5.41) is 0. The highest BCUT2D eigenvalue weighted by molar-refractivity contribution is 5.37. The molecule has 3 nitrogen and oxygen atoms in total. The van der Waals surface area contributed by atoms with Crippen LogP contribution in [-0.2, 0) is 11.3 Å². The van der Waals surface area contributed by atoms with Crippen LogP contribution in [0.1, 0.15) is 25.0 Å². The molecule has 2 rings (SSSR count). The maximum absolute atomic E-state index is 5.75. The molecule has 1 aliphatic rings. The van der Waals surface area contributed by atoms with Gasteiger partial charge in [-0.25, -0.2) is 0 Å². The van der Waals surface area contributed by atoms with Gasteiger partial charge in [0.25, 0.3) is 0 Å². The Morgan fingerprint density at radius 2 is 2.05 bits per heavy atom. The molecule has 0 aliphatic carbocycles. The van der Waals surface area contributed by atoms with E-state index in [4.69, 9.17) is 10.5 Å². The zero-order valence-corrected chi connectivity index (χ0v) is 11.7. The van der Waals surface area contributed by atoms with Crippen molar-refractivity contribution in [2.24, 2.45) is 5.73 Å². The van der Waals surface area contributed by atoms with E-state index in [1.54, 1.807) is 0 Å². The zero-order chi connectivity index (χ0) is 13.7. The minimum absolute atomic E-state index is 0.309. The third kappa shape index (κ3) is 4.36. The number of hydrogen-bond donors (Lipinski definition) is 1. The van der Waals surface area contributed by atoms with Crippen molar-refractivity contribution < 1.29 is 4.74 Å². The molecule has 0 radical (unpaired) electrons. The van der Waals surface area contributed by atoms with Crippen LogP contribution in [0, 0.1) is 11.8 Å². The summed E-state index contributed by atoms with van der Waals surface area (Å²) in [7, 11) is 0. The van der Waals surface area contributed by atoms with Crippen LogP contribution < -0.4 is 5.73 Å². The fourth-order valence-electron chi connectivity index (χ4n) is 2.57. The van der Waals surface area contributed by atoms with Gasteiger partial charge in [0.15, 0.2) is 0 Å². The molecule has 1 aliphatic heterocycles. The smallest absolute Gasteiger partial charge is 0.0678 e. The van der Waals surface area contributed by atoms with E-state index in [2.05, 4.69) is 48.8 Å². The van der Waals surface area contributed by atoms with Crippen LogP contribution in [0.2, 0.25) is 0 Å². The second-order valence-corrected chi connectivity index (χ2v) is 5.16. The molecule has 2 atom stereocenters. The molecule has 0 spiro atoms. The predicted molar refractivity (Wildman–Crippen MR) is 77.7 cm³/mol. The SMILES string of the molecule is CC1CN(Cc2cccc(C#CCN)c2)CC(C)O1. The first kappa shape index (κ1) is 14.1. The summed E-state index contributed by atoms with van der Waals surface area (Å²) in [5.41, 5.74) is 7.73. The predicted octanol–water partition coefficient (Wildman–Crippen LogP) is 1.61. The largest absolute Gasteiger partial charge is 0.373 e. The van der Waals surface area contributed by atoms with E-state index in [0.29, 0.717) is 18.8 Å². The number of nitrogens with two attached hydrogens (primary N) is 1. The molecular formula is C16H22N2O. The van der Waals surface area contributed by atoms with Gasteiger partial charge in [0.05, 0.1) is 18.8 Å². The summed E-state index contributed by atoms with van der Waals surface area (Å²) in [6, 6.07) is 8.38. The van der Waals surface area contributed by atoms with Crippen molar-refractivity contribution in [1.82, 2.24) is 4.90 Å². The summed E-state index contributed by atoms with van der Waals surface area (Å²) >= 11 is 0. The van der Waals surface area contributed by atoms with E-state index in [-0.39, 0.29) is 0 Å². The first-order chi connectivity index (χ1) is 9.17. The summed E-state index contributed by atoms with van der Waals surface area (Å²) in [6.07, 6.45) is 0.618. The summed E-state index contributed by atoms with van der Waals surface area (Å²) in [6.45, 7) is 7.60. The van der Waals surface area contributed by atoms with E-state index in [9.17, 15) is 0 Å².